The lowest BCUT2D eigenvalue weighted by Crippen LogP contribution is -2.29. The third kappa shape index (κ3) is 7.65. The average Bonchev–Trinajstić information content (AvgIpc) is 3.19. The number of carbonyl (C=O) groups is 4. The van der Waals surface area contributed by atoms with Gasteiger partial charge < -0.3 is 14.2 Å². The number of nitrogens with zero attached hydrogens (tertiary/aromatic N) is 1. The van der Waals surface area contributed by atoms with Crippen molar-refractivity contribution in [3.8, 4) is 11.5 Å². The summed E-state index contributed by atoms with van der Waals surface area (Å²) >= 11 is 0. The number of halogens is 4. The van der Waals surface area contributed by atoms with Gasteiger partial charge in [-0.2, -0.15) is 8.78 Å². The monoisotopic (exact) mass is 551 g/mol. The quantitative estimate of drug-likeness (QED) is 0.105. The third-order valence-electron chi connectivity index (χ3n) is 5.21. The Labute approximate surface area is 221 Å². The van der Waals surface area contributed by atoms with Crippen molar-refractivity contribution in [3.63, 3.8) is 0 Å². The lowest BCUT2D eigenvalue weighted by molar-refractivity contribution is -0.155. The van der Waals surface area contributed by atoms with Gasteiger partial charge in [0.2, 0.25) is 17.4 Å². The molecule has 0 N–H and O–H groups in total. The SMILES string of the molecule is CC(C)(C)OC(=O)CCCOc1cc(N2C(=O)C=CC2=O)ccc1CCC(=O)Oc1c(F)c(F)cc(F)c1F. The molecule has 3 rings (SSSR count). The van der Waals surface area contributed by atoms with E-state index >= 15 is 0 Å². The van der Waals surface area contributed by atoms with Crippen LogP contribution in [-0.4, -0.2) is 36.0 Å². The maximum absolute atomic E-state index is 13.8. The van der Waals surface area contributed by atoms with Gasteiger partial charge >= 0.3 is 11.9 Å². The number of anilines is 1. The van der Waals surface area contributed by atoms with Crippen molar-refractivity contribution >= 4 is 29.4 Å². The van der Waals surface area contributed by atoms with Gasteiger partial charge in [-0.3, -0.25) is 19.2 Å². The minimum atomic E-state index is -1.85. The molecule has 0 spiro atoms. The van der Waals surface area contributed by atoms with Crippen LogP contribution in [0.5, 0.6) is 11.5 Å². The summed E-state index contributed by atoms with van der Waals surface area (Å²) in [4.78, 5) is 49.2. The molecule has 2 aromatic carbocycles. The van der Waals surface area contributed by atoms with Crippen LogP contribution in [-0.2, 0) is 30.3 Å². The molecule has 39 heavy (non-hydrogen) atoms. The number of aryl methyl sites for hydroxylation is 1. The van der Waals surface area contributed by atoms with Crippen LogP contribution in [0.1, 0.15) is 45.6 Å². The first-order chi connectivity index (χ1) is 18.3. The fourth-order valence-corrected chi connectivity index (χ4v) is 3.51. The van der Waals surface area contributed by atoms with E-state index in [4.69, 9.17) is 9.47 Å². The van der Waals surface area contributed by atoms with Crippen LogP contribution in [0, 0.1) is 23.3 Å². The zero-order chi connectivity index (χ0) is 28.9. The summed E-state index contributed by atoms with van der Waals surface area (Å²) in [6, 6.07) is 4.27. The molecule has 208 valence electrons. The largest absolute Gasteiger partial charge is 0.493 e. The highest BCUT2D eigenvalue weighted by molar-refractivity contribution is 6.28. The van der Waals surface area contributed by atoms with Gasteiger partial charge in [0.15, 0.2) is 11.6 Å². The standard InChI is InChI=1S/C27H25F4NO7/c1-27(2,3)39-23(36)5-4-12-37-19-13-16(32-20(33)9-10-21(32)34)8-6-15(19)7-11-22(35)38-26-24(30)17(28)14-18(29)25(26)31/h6,8-10,13-14H,4-5,7,11-12H2,1-3H3. The van der Waals surface area contributed by atoms with Crippen LogP contribution < -0.4 is 14.4 Å². The summed E-state index contributed by atoms with van der Waals surface area (Å²) in [5.74, 6) is -11.3. The predicted octanol–water partition coefficient (Wildman–Crippen LogP) is 4.71. The molecule has 0 atom stereocenters. The van der Waals surface area contributed by atoms with Gasteiger partial charge in [0.1, 0.15) is 11.4 Å². The van der Waals surface area contributed by atoms with Gasteiger partial charge in [0, 0.05) is 30.7 Å². The molecule has 1 aliphatic rings. The number of imide groups is 1. The summed E-state index contributed by atoms with van der Waals surface area (Å²) in [7, 11) is 0. The summed E-state index contributed by atoms with van der Waals surface area (Å²) in [6.45, 7) is 5.22. The molecule has 0 saturated carbocycles. The smallest absolute Gasteiger partial charge is 0.311 e. The highest BCUT2D eigenvalue weighted by Crippen LogP contribution is 2.30. The van der Waals surface area contributed by atoms with Crippen molar-refractivity contribution in [1.82, 2.24) is 0 Å². The van der Waals surface area contributed by atoms with E-state index in [1.54, 1.807) is 20.8 Å². The van der Waals surface area contributed by atoms with Crippen molar-refractivity contribution in [2.45, 2.75) is 52.1 Å². The van der Waals surface area contributed by atoms with Gasteiger partial charge in [-0.05, 0) is 45.2 Å². The van der Waals surface area contributed by atoms with Crippen LogP contribution in [0.2, 0.25) is 0 Å². The van der Waals surface area contributed by atoms with E-state index in [0.717, 1.165) is 17.1 Å². The molecule has 0 saturated heterocycles. The molecular weight excluding hydrogens is 526 g/mol. The molecule has 1 aliphatic heterocycles. The van der Waals surface area contributed by atoms with E-state index in [-0.39, 0.29) is 43.4 Å². The number of hydrogen-bond donors (Lipinski definition) is 0. The van der Waals surface area contributed by atoms with Crippen molar-refractivity contribution in [2.24, 2.45) is 0 Å². The summed E-state index contributed by atoms with van der Waals surface area (Å²) in [5, 5.41) is 0. The topological polar surface area (TPSA) is 99.2 Å². The lowest BCUT2D eigenvalue weighted by atomic mass is 10.1. The minimum absolute atomic E-state index is 0.0125. The van der Waals surface area contributed by atoms with Crippen LogP contribution >= 0.6 is 0 Å². The van der Waals surface area contributed by atoms with Crippen LogP contribution in [0.25, 0.3) is 0 Å². The Kier molecular flexibility index (Phi) is 9.10. The highest BCUT2D eigenvalue weighted by Gasteiger charge is 2.27. The first-order valence-corrected chi connectivity index (χ1v) is 11.8. The van der Waals surface area contributed by atoms with Crippen LogP contribution in [0.4, 0.5) is 23.2 Å². The molecule has 8 nitrogen and oxygen atoms in total. The second kappa shape index (κ2) is 12.1. The van der Waals surface area contributed by atoms with Crippen LogP contribution in [0.15, 0.2) is 36.4 Å². The van der Waals surface area contributed by atoms with Gasteiger partial charge in [0.25, 0.3) is 11.8 Å². The van der Waals surface area contributed by atoms with Gasteiger partial charge in [-0.1, -0.05) is 6.07 Å². The second-order valence-corrected chi connectivity index (χ2v) is 9.45. The normalized spacial score (nSPS) is 13.2. The zero-order valence-corrected chi connectivity index (χ0v) is 21.3. The first-order valence-electron chi connectivity index (χ1n) is 11.8. The Morgan fingerprint density at radius 2 is 1.49 bits per heavy atom. The molecule has 2 amide bonds. The number of rotatable bonds is 10. The number of carbonyl (C=O) groups excluding carboxylic acids is 4. The molecule has 12 heteroatoms. The zero-order valence-electron chi connectivity index (χ0n) is 21.3. The van der Waals surface area contributed by atoms with Crippen molar-refractivity contribution < 1.29 is 51.0 Å². The van der Waals surface area contributed by atoms with Crippen LogP contribution in [0.3, 0.4) is 0 Å². The Morgan fingerprint density at radius 1 is 0.872 bits per heavy atom. The molecule has 0 bridgehead atoms. The fraction of sp³-hybridized carbons (Fsp3) is 0.333. The highest BCUT2D eigenvalue weighted by atomic mass is 19.2. The fourth-order valence-electron chi connectivity index (χ4n) is 3.51. The summed E-state index contributed by atoms with van der Waals surface area (Å²) in [5.41, 5.74) is -0.0887. The Bertz CT molecular complexity index is 1290. The van der Waals surface area contributed by atoms with Crippen molar-refractivity contribution in [2.75, 3.05) is 11.5 Å². The van der Waals surface area contributed by atoms with Gasteiger partial charge in [0.05, 0.1) is 18.7 Å². The van der Waals surface area contributed by atoms with E-state index in [1.807, 2.05) is 0 Å². The first kappa shape index (κ1) is 29.3. The number of amides is 2. The van der Waals surface area contributed by atoms with Crippen molar-refractivity contribution in [3.05, 3.63) is 65.2 Å². The maximum Gasteiger partial charge on any atom is 0.311 e. The third-order valence-corrected chi connectivity index (χ3v) is 5.21. The molecule has 1 heterocycles. The number of benzene rings is 2. The lowest BCUT2D eigenvalue weighted by Gasteiger charge is -2.20. The van der Waals surface area contributed by atoms with Gasteiger partial charge in [-0.15, -0.1) is 0 Å². The second-order valence-electron chi connectivity index (χ2n) is 9.45. The molecule has 0 aromatic heterocycles. The number of esters is 2. The Hall–Kier alpha value is -4.22. The Morgan fingerprint density at radius 3 is 2.08 bits per heavy atom. The summed E-state index contributed by atoms with van der Waals surface area (Å²) < 4.78 is 70.0. The van der Waals surface area contributed by atoms with E-state index in [0.29, 0.717) is 5.56 Å². The molecule has 0 radical (unpaired) electrons. The maximum atomic E-state index is 13.8. The number of ether oxygens (including phenoxy) is 3. The average molecular weight is 551 g/mol. The minimum Gasteiger partial charge on any atom is -0.493 e. The predicted molar refractivity (Wildman–Crippen MR) is 129 cm³/mol. The molecule has 0 aliphatic carbocycles. The molecule has 2 aromatic rings. The molecule has 0 fully saturated rings. The van der Waals surface area contributed by atoms with Crippen molar-refractivity contribution in [1.29, 1.82) is 0 Å². The van der Waals surface area contributed by atoms with E-state index < -0.39 is 64.8 Å². The van der Waals surface area contributed by atoms with E-state index in [1.165, 1.54) is 18.2 Å². The molecule has 0 unspecified atom stereocenters. The number of hydrogen-bond acceptors (Lipinski definition) is 7. The molecular formula is C27H25F4NO7. The Balaban J connectivity index is 1.72. The van der Waals surface area contributed by atoms with E-state index in [2.05, 4.69) is 4.74 Å². The van der Waals surface area contributed by atoms with E-state index in [9.17, 15) is 36.7 Å². The van der Waals surface area contributed by atoms with Gasteiger partial charge in [-0.25, -0.2) is 13.7 Å². The summed E-state index contributed by atoms with van der Waals surface area (Å²) in [6.07, 6.45) is 1.91.